The summed E-state index contributed by atoms with van der Waals surface area (Å²) in [6, 6.07) is 11.4. The van der Waals surface area contributed by atoms with Gasteiger partial charge in [-0.15, -0.1) is 0 Å². The van der Waals surface area contributed by atoms with Crippen LogP contribution in [-0.2, 0) is 59.2 Å². The predicted octanol–water partition coefficient (Wildman–Crippen LogP) is 6.69. The Morgan fingerprint density at radius 2 is 1.38 bits per heavy atom. The number of nitrogens with two attached hydrogens (primary N) is 1. The fraction of sp³-hybridized carbons (Fsp3) is 0.667. The average molecular weight is 1250 g/mol. The van der Waals surface area contributed by atoms with Gasteiger partial charge in [-0.05, 0) is 86.0 Å². The number of benzene rings is 2. The molecule has 0 radical (unpaired) electrons. The first kappa shape index (κ1) is 76.3. The minimum atomic E-state index is -0.963. The monoisotopic (exact) mass is 1250 g/mol. The number of hydrogen-bond donors (Lipinski definition) is 7. The van der Waals surface area contributed by atoms with Gasteiger partial charge in [0.25, 0.3) is 0 Å². The van der Waals surface area contributed by atoms with Crippen molar-refractivity contribution in [1.29, 1.82) is 0 Å². The molecule has 8 N–H and O–H groups in total. The maximum absolute atomic E-state index is 14.9. The van der Waals surface area contributed by atoms with Gasteiger partial charge >= 0.3 is 12.1 Å². The number of aliphatic hydroxyl groups excluding tert-OH is 1. The Morgan fingerprint density at radius 1 is 0.742 bits per heavy atom. The lowest BCUT2D eigenvalue weighted by Crippen LogP contribution is -2.55. The number of amides is 9. The molecule has 1 aliphatic rings. The topological polar surface area (TPSA) is 315 Å². The highest BCUT2D eigenvalue weighted by Gasteiger charge is 2.44. The molecule has 1 unspecified atom stereocenters. The van der Waals surface area contributed by atoms with Gasteiger partial charge in [0.15, 0.2) is 11.6 Å². The van der Waals surface area contributed by atoms with Gasteiger partial charge in [0.2, 0.25) is 35.4 Å². The third-order valence-corrected chi connectivity index (χ3v) is 17.3. The van der Waals surface area contributed by atoms with Crippen molar-refractivity contribution in [1.82, 2.24) is 36.0 Å². The molecular formula is C66H105N9O14. The second-order valence-electron chi connectivity index (χ2n) is 24.9. The molecule has 1 fully saturated rings. The Kier molecular flexibility index (Phi) is 32.5. The summed E-state index contributed by atoms with van der Waals surface area (Å²) in [7, 11) is 7.71. The van der Waals surface area contributed by atoms with Crippen LogP contribution < -0.4 is 32.3 Å². The summed E-state index contributed by atoms with van der Waals surface area (Å²) >= 11 is 0. The number of urea groups is 1. The molecule has 23 nitrogen and oxygen atoms in total. The lowest BCUT2D eigenvalue weighted by atomic mass is 9.83. The molecule has 498 valence electrons. The first-order valence-electron chi connectivity index (χ1n) is 31.6. The van der Waals surface area contributed by atoms with E-state index in [-0.39, 0.29) is 116 Å². The molecule has 9 amide bonds. The zero-order valence-electron chi connectivity index (χ0n) is 55.4. The van der Waals surface area contributed by atoms with Crippen molar-refractivity contribution in [2.45, 2.75) is 195 Å². The van der Waals surface area contributed by atoms with Crippen molar-refractivity contribution in [3.8, 4) is 0 Å². The smallest absolute Gasteiger partial charge is 0.410 e. The first-order valence-corrected chi connectivity index (χ1v) is 31.6. The van der Waals surface area contributed by atoms with Crippen molar-refractivity contribution in [3.05, 3.63) is 65.7 Å². The second kappa shape index (κ2) is 37.9. The Morgan fingerprint density at radius 3 is 1.94 bits per heavy atom. The summed E-state index contributed by atoms with van der Waals surface area (Å²) in [6.45, 7) is 18.8. The van der Waals surface area contributed by atoms with Crippen molar-refractivity contribution in [3.63, 3.8) is 0 Å². The maximum Gasteiger partial charge on any atom is 0.410 e. The zero-order valence-corrected chi connectivity index (χ0v) is 55.4. The number of rotatable bonds is 38. The molecule has 0 spiro atoms. The second-order valence-corrected chi connectivity index (χ2v) is 24.9. The molecule has 3 rings (SSSR count). The number of ether oxygens (including phenoxy) is 3. The molecule has 0 saturated carbocycles. The van der Waals surface area contributed by atoms with Gasteiger partial charge in [-0.1, -0.05) is 111 Å². The van der Waals surface area contributed by atoms with Crippen LogP contribution >= 0.6 is 0 Å². The Balaban J connectivity index is 1.71. The number of carbonyl (C=O) groups excluding carboxylic acids is 10. The van der Waals surface area contributed by atoms with E-state index in [1.54, 1.807) is 80.9 Å². The summed E-state index contributed by atoms with van der Waals surface area (Å²) in [6.07, 6.45) is -0.587. The molecule has 1 saturated heterocycles. The fourth-order valence-electron chi connectivity index (χ4n) is 11.9. The fourth-order valence-corrected chi connectivity index (χ4v) is 11.9. The number of methoxy groups -OCH3 is 2. The number of likely N-dealkylation sites (tertiary alicyclic amines) is 1. The van der Waals surface area contributed by atoms with Gasteiger partial charge in [-0.2, -0.15) is 0 Å². The third kappa shape index (κ3) is 23.4. The first-order chi connectivity index (χ1) is 42.0. The number of nitrogens with zero attached hydrogens (tertiary/aromatic N) is 3. The summed E-state index contributed by atoms with van der Waals surface area (Å²) in [4.78, 5) is 139. The van der Waals surface area contributed by atoms with E-state index >= 15 is 0 Å². The van der Waals surface area contributed by atoms with Crippen LogP contribution in [0, 0.1) is 41.4 Å². The lowest BCUT2D eigenvalue weighted by Gasteiger charge is -2.41. The van der Waals surface area contributed by atoms with Gasteiger partial charge in [-0.25, -0.2) is 9.59 Å². The standard InChI is InChI=1S/C66H105N9O14/c1-16-42(8)59(53(87-14)37-56(80)75-34-22-26-50(75)61(88-15)43(9)62(82)70-44(10)60(81)46-23-18-17-19-24-46)73(12)64(84)49(39(2)3)36-52(77)58(41(6)7)74(13)66(86)89-38-45-29-31-48(32-30-45)71-63(83)47(25-21-33-69-65(67)85)35-51(76)57(40(4)5)72-55(79)28-20-27-54(78)68-11/h17-19,23-24,29-32,39-44,47,49-50,53,57-61,81H,16,20-22,25-28,33-38H2,1-15H3,(H,68,78)(H,70,82)(H,71,83)(H,72,79)(H3,67,69,85)/t42-,43+,44+,47+,49-,50-,53+,57-,58-,59?,60+,61+/m0/s1. The highest BCUT2D eigenvalue weighted by Crippen LogP contribution is 2.32. The molecule has 2 aromatic carbocycles. The number of carbonyl (C=O) groups is 10. The minimum absolute atomic E-state index is 0.0401. The molecule has 0 aliphatic carbocycles. The van der Waals surface area contributed by atoms with Crippen molar-refractivity contribution in [2.24, 2.45) is 47.2 Å². The van der Waals surface area contributed by atoms with E-state index in [1.165, 1.54) is 33.2 Å². The van der Waals surface area contributed by atoms with Gasteiger partial charge in [-0.3, -0.25) is 38.4 Å². The number of nitrogens with one attached hydrogen (secondary N) is 5. The normalized spacial score (nSPS) is 16.9. The quantitative estimate of drug-likeness (QED) is 0.0345. The van der Waals surface area contributed by atoms with Crippen molar-refractivity contribution < 1.29 is 67.3 Å². The molecule has 12 atom stereocenters. The highest BCUT2D eigenvalue weighted by atomic mass is 16.6. The van der Waals surface area contributed by atoms with Crippen LogP contribution in [0.1, 0.15) is 157 Å². The van der Waals surface area contributed by atoms with E-state index in [4.69, 9.17) is 19.9 Å². The average Bonchev–Trinajstić information content (AvgIpc) is 2.15. The number of primary amides is 1. The summed E-state index contributed by atoms with van der Waals surface area (Å²) in [5, 5.41) is 24.5. The molecule has 1 aliphatic heterocycles. The molecule has 2 aromatic rings. The Bertz CT molecular complexity index is 2620. The van der Waals surface area contributed by atoms with E-state index in [2.05, 4.69) is 26.6 Å². The van der Waals surface area contributed by atoms with E-state index in [9.17, 15) is 53.1 Å². The van der Waals surface area contributed by atoms with Gasteiger partial charge in [0.05, 0.1) is 60.9 Å². The van der Waals surface area contributed by atoms with Crippen LogP contribution in [0.5, 0.6) is 0 Å². The number of anilines is 1. The molecule has 0 bridgehead atoms. The van der Waals surface area contributed by atoms with Crippen LogP contribution in [0.4, 0.5) is 15.3 Å². The molecule has 23 heteroatoms. The lowest BCUT2D eigenvalue weighted by molar-refractivity contribution is -0.149. The number of ketones is 2. The SMILES string of the molecule is CC[C@H](C)C([C@@H](CC(=O)N1CCC[C@H]1[C@H](OC)[C@@H](C)C(=O)N[C@H](C)[C@@H](O)c1ccccc1)OC)N(C)C(=O)[C@@H](CC(=O)[C@H](C(C)C)N(C)C(=O)OCc1ccc(NC(=O)[C@H](CCCNC(N)=O)CC(=O)[C@@H](NC(=O)CCCC(=O)NC)C(C)C)cc1)C(C)C. The number of likely N-dealkylation sites (N-methyl/N-ethyl adjacent to an activating group) is 2. The van der Waals surface area contributed by atoms with E-state index < -0.39 is 84.3 Å². The largest absolute Gasteiger partial charge is 0.445 e. The summed E-state index contributed by atoms with van der Waals surface area (Å²) in [5.41, 5.74) is 6.86. The highest BCUT2D eigenvalue weighted by molar-refractivity contribution is 5.97. The van der Waals surface area contributed by atoms with Crippen molar-refractivity contribution >= 4 is 64.8 Å². The minimum Gasteiger partial charge on any atom is -0.445 e. The van der Waals surface area contributed by atoms with E-state index in [1.807, 2.05) is 59.7 Å². The maximum atomic E-state index is 14.9. The number of Topliss-reactive ketones (excluding diaryl/α,β-unsaturated/α-hetero) is 2. The Hall–Kier alpha value is -6.98. The van der Waals surface area contributed by atoms with Gasteiger partial charge < -0.3 is 66.3 Å². The third-order valence-electron chi connectivity index (χ3n) is 17.3. The van der Waals surface area contributed by atoms with Gasteiger partial charge in [0.1, 0.15) is 6.61 Å². The van der Waals surface area contributed by atoms with Crippen LogP contribution in [0.2, 0.25) is 0 Å². The van der Waals surface area contributed by atoms with Crippen molar-refractivity contribution in [2.75, 3.05) is 53.8 Å². The van der Waals surface area contributed by atoms with E-state index in [0.29, 0.717) is 55.5 Å². The molecular weight excluding hydrogens is 1140 g/mol. The molecule has 89 heavy (non-hydrogen) atoms. The number of hydrogen-bond acceptors (Lipinski definition) is 14. The summed E-state index contributed by atoms with van der Waals surface area (Å²) < 4.78 is 17.8. The van der Waals surface area contributed by atoms with Crippen LogP contribution in [0.25, 0.3) is 0 Å². The molecule has 1 heterocycles. The van der Waals surface area contributed by atoms with Crippen LogP contribution in [-0.4, -0.2) is 170 Å². The van der Waals surface area contributed by atoms with Crippen LogP contribution in [0.15, 0.2) is 54.6 Å². The van der Waals surface area contributed by atoms with Gasteiger partial charge in [0, 0.05) is 91.7 Å². The Labute approximate surface area is 527 Å². The zero-order chi connectivity index (χ0) is 66.8. The predicted molar refractivity (Wildman–Crippen MR) is 339 cm³/mol. The van der Waals surface area contributed by atoms with Crippen LogP contribution in [0.3, 0.4) is 0 Å². The molecule has 0 aromatic heterocycles. The number of aliphatic hydroxyl groups is 1. The van der Waals surface area contributed by atoms with E-state index in [0.717, 1.165) is 0 Å². The summed E-state index contributed by atoms with van der Waals surface area (Å²) in [5.74, 6) is -6.03.